The number of rotatable bonds is 6. The van der Waals surface area contributed by atoms with Gasteiger partial charge in [-0.3, -0.25) is 4.79 Å². The van der Waals surface area contributed by atoms with Crippen molar-refractivity contribution < 1.29 is 9.53 Å². The van der Waals surface area contributed by atoms with E-state index in [1.807, 2.05) is 45.0 Å². The largest absolute Gasteiger partial charge is 0.494 e. The first kappa shape index (κ1) is 13.6. The number of benzene rings is 1. The van der Waals surface area contributed by atoms with Crippen molar-refractivity contribution in [2.45, 2.75) is 39.7 Å². The Labute approximate surface area is 103 Å². The van der Waals surface area contributed by atoms with Crippen molar-refractivity contribution in [2.24, 2.45) is 0 Å². The van der Waals surface area contributed by atoms with E-state index in [0.29, 0.717) is 13.0 Å². The highest BCUT2D eigenvalue weighted by molar-refractivity contribution is 5.76. The van der Waals surface area contributed by atoms with Crippen molar-refractivity contribution in [1.29, 1.82) is 0 Å². The minimum absolute atomic E-state index is 0.105. The monoisotopic (exact) mass is 235 g/mol. The molecular weight excluding hydrogens is 214 g/mol. The summed E-state index contributed by atoms with van der Waals surface area (Å²) in [5.41, 5.74) is 1.16. The molecule has 17 heavy (non-hydrogen) atoms. The maximum atomic E-state index is 11.5. The summed E-state index contributed by atoms with van der Waals surface area (Å²) < 4.78 is 5.36. The number of aryl methyl sites for hydroxylation is 1. The van der Waals surface area contributed by atoms with Gasteiger partial charge in [0.2, 0.25) is 5.91 Å². The molecule has 1 aromatic rings. The van der Waals surface area contributed by atoms with Gasteiger partial charge in [0.05, 0.1) is 6.61 Å². The Hall–Kier alpha value is -1.51. The van der Waals surface area contributed by atoms with Gasteiger partial charge in [-0.15, -0.1) is 0 Å². The molecule has 0 saturated carbocycles. The molecule has 0 aliphatic rings. The van der Waals surface area contributed by atoms with Crippen LogP contribution >= 0.6 is 0 Å². The van der Waals surface area contributed by atoms with E-state index >= 15 is 0 Å². The van der Waals surface area contributed by atoms with Crippen molar-refractivity contribution in [2.75, 3.05) is 6.61 Å². The van der Waals surface area contributed by atoms with Gasteiger partial charge in [-0.05, 0) is 44.9 Å². The lowest BCUT2D eigenvalue weighted by Crippen LogP contribution is -2.30. The van der Waals surface area contributed by atoms with Gasteiger partial charge in [-0.1, -0.05) is 12.1 Å². The van der Waals surface area contributed by atoms with Gasteiger partial charge in [-0.25, -0.2) is 0 Å². The van der Waals surface area contributed by atoms with Gasteiger partial charge in [0, 0.05) is 12.5 Å². The number of hydrogen-bond donors (Lipinski definition) is 1. The predicted octanol–water partition coefficient (Wildman–Crippen LogP) is 2.54. The SMILES string of the molecule is CCOc1ccc(CCC(=O)NC(C)C)cc1. The van der Waals surface area contributed by atoms with Crippen LogP contribution in [0.3, 0.4) is 0 Å². The highest BCUT2D eigenvalue weighted by atomic mass is 16.5. The van der Waals surface area contributed by atoms with E-state index < -0.39 is 0 Å². The summed E-state index contributed by atoms with van der Waals surface area (Å²) in [6, 6.07) is 8.11. The molecule has 0 spiro atoms. The van der Waals surface area contributed by atoms with Crippen LogP contribution in [0, 0.1) is 0 Å². The minimum atomic E-state index is 0.105. The van der Waals surface area contributed by atoms with Crippen molar-refractivity contribution in [3.05, 3.63) is 29.8 Å². The average molecular weight is 235 g/mol. The molecule has 0 saturated heterocycles. The third-order valence-corrected chi connectivity index (χ3v) is 2.32. The molecule has 0 aliphatic carbocycles. The fourth-order valence-electron chi connectivity index (χ4n) is 1.57. The van der Waals surface area contributed by atoms with Crippen LogP contribution in [0.4, 0.5) is 0 Å². The van der Waals surface area contributed by atoms with E-state index in [1.54, 1.807) is 0 Å². The number of carbonyl (C=O) groups is 1. The normalized spacial score (nSPS) is 10.4. The molecule has 0 fully saturated rings. The third-order valence-electron chi connectivity index (χ3n) is 2.32. The van der Waals surface area contributed by atoms with Crippen LogP contribution in [0.2, 0.25) is 0 Å². The zero-order chi connectivity index (χ0) is 12.7. The molecule has 0 aromatic heterocycles. The maximum absolute atomic E-state index is 11.5. The fraction of sp³-hybridized carbons (Fsp3) is 0.500. The Balaban J connectivity index is 2.39. The number of hydrogen-bond acceptors (Lipinski definition) is 2. The summed E-state index contributed by atoms with van der Waals surface area (Å²) in [5.74, 6) is 0.983. The molecule has 0 unspecified atom stereocenters. The van der Waals surface area contributed by atoms with Gasteiger partial charge in [0.15, 0.2) is 0 Å². The molecule has 3 heteroatoms. The van der Waals surface area contributed by atoms with Crippen LogP contribution in [-0.2, 0) is 11.2 Å². The number of carbonyl (C=O) groups excluding carboxylic acids is 1. The van der Waals surface area contributed by atoms with E-state index in [0.717, 1.165) is 17.7 Å². The lowest BCUT2D eigenvalue weighted by molar-refractivity contribution is -0.121. The Kier molecular flexibility index (Phi) is 5.53. The fourth-order valence-corrected chi connectivity index (χ4v) is 1.57. The van der Waals surface area contributed by atoms with Crippen molar-refractivity contribution >= 4 is 5.91 Å². The van der Waals surface area contributed by atoms with Crippen LogP contribution in [0.15, 0.2) is 24.3 Å². The summed E-state index contributed by atoms with van der Waals surface area (Å²) in [4.78, 5) is 11.5. The Morgan fingerprint density at radius 1 is 1.29 bits per heavy atom. The first-order valence-corrected chi connectivity index (χ1v) is 6.13. The zero-order valence-electron chi connectivity index (χ0n) is 10.8. The minimum Gasteiger partial charge on any atom is -0.494 e. The summed E-state index contributed by atoms with van der Waals surface area (Å²) in [5, 5.41) is 2.88. The smallest absolute Gasteiger partial charge is 0.220 e. The zero-order valence-corrected chi connectivity index (χ0v) is 10.8. The molecule has 1 aromatic carbocycles. The topological polar surface area (TPSA) is 38.3 Å². The van der Waals surface area contributed by atoms with Gasteiger partial charge >= 0.3 is 0 Å². The molecule has 0 bridgehead atoms. The highest BCUT2D eigenvalue weighted by Crippen LogP contribution is 2.13. The second-order valence-electron chi connectivity index (χ2n) is 4.30. The van der Waals surface area contributed by atoms with E-state index in [4.69, 9.17) is 4.74 Å². The molecule has 1 amide bonds. The molecule has 0 radical (unpaired) electrons. The van der Waals surface area contributed by atoms with Crippen LogP contribution in [0.25, 0.3) is 0 Å². The molecule has 3 nitrogen and oxygen atoms in total. The summed E-state index contributed by atoms with van der Waals surface area (Å²) in [7, 11) is 0. The lowest BCUT2D eigenvalue weighted by Gasteiger charge is -2.08. The van der Waals surface area contributed by atoms with Gasteiger partial charge < -0.3 is 10.1 Å². The standard InChI is InChI=1S/C14H21NO2/c1-4-17-13-8-5-12(6-9-13)7-10-14(16)15-11(2)3/h5-6,8-9,11H,4,7,10H2,1-3H3,(H,15,16). The first-order valence-electron chi connectivity index (χ1n) is 6.13. The summed E-state index contributed by atoms with van der Waals surface area (Å²) >= 11 is 0. The van der Waals surface area contributed by atoms with E-state index in [-0.39, 0.29) is 11.9 Å². The van der Waals surface area contributed by atoms with E-state index in [2.05, 4.69) is 5.32 Å². The van der Waals surface area contributed by atoms with Crippen molar-refractivity contribution in [3.63, 3.8) is 0 Å². The van der Waals surface area contributed by atoms with Crippen molar-refractivity contribution in [3.8, 4) is 5.75 Å². The molecule has 94 valence electrons. The van der Waals surface area contributed by atoms with Crippen LogP contribution in [0.5, 0.6) is 5.75 Å². The quantitative estimate of drug-likeness (QED) is 0.823. The van der Waals surface area contributed by atoms with E-state index in [1.165, 1.54) is 0 Å². The number of amides is 1. The lowest BCUT2D eigenvalue weighted by atomic mass is 10.1. The second-order valence-corrected chi connectivity index (χ2v) is 4.30. The predicted molar refractivity (Wildman–Crippen MR) is 69.2 cm³/mol. The summed E-state index contributed by atoms with van der Waals surface area (Å²) in [6.45, 7) is 6.57. The van der Waals surface area contributed by atoms with Gasteiger partial charge in [-0.2, -0.15) is 0 Å². The molecule has 1 rings (SSSR count). The third kappa shape index (κ3) is 5.38. The Morgan fingerprint density at radius 2 is 1.94 bits per heavy atom. The average Bonchev–Trinajstić information content (AvgIpc) is 2.28. The summed E-state index contributed by atoms with van der Waals surface area (Å²) in [6.07, 6.45) is 1.30. The Morgan fingerprint density at radius 3 is 2.47 bits per heavy atom. The first-order chi connectivity index (χ1) is 8.11. The molecule has 0 aliphatic heterocycles. The number of nitrogens with one attached hydrogen (secondary N) is 1. The van der Waals surface area contributed by atoms with Crippen LogP contribution < -0.4 is 10.1 Å². The van der Waals surface area contributed by atoms with Crippen LogP contribution in [-0.4, -0.2) is 18.6 Å². The maximum Gasteiger partial charge on any atom is 0.220 e. The number of ether oxygens (including phenoxy) is 1. The second kappa shape index (κ2) is 6.94. The molecular formula is C14H21NO2. The molecule has 1 N–H and O–H groups in total. The highest BCUT2D eigenvalue weighted by Gasteiger charge is 2.03. The van der Waals surface area contributed by atoms with Gasteiger partial charge in [0.25, 0.3) is 0 Å². The molecule has 0 heterocycles. The molecule has 0 atom stereocenters. The van der Waals surface area contributed by atoms with Crippen LogP contribution in [0.1, 0.15) is 32.8 Å². The Bertz CT molecular complexity index is 344. The van der Waals surface area contributed by atoms with Gasteiger partial charge in [0.1, 0.15) is 5.75 Å². The van der Waals surface area contributed by atoms with E-state index in [9.17, 15) is 4.79 Å². The van der Waals surface area contributed by atoms with Crippen molar-refractivity contribution in [1.82, 2.24) is 5.32 Å².